The number of hydrogen-bond acceptors (Lipinski definition) is 5. The van der Waals surface area contributed by atoms with Crippen LogP contribution in [0.25, 0.3) is 0 Å². The Labute approximate surface area is 99.4 Å². The molecule has 0 radical (unpaired) electrons. The molecule has 0 aliphatic carbocycles. The van der Waals surface area contributed by atoms with Crippen molar-refractivity contribution in [2.75, 3.05) is 6.54 Å². The van der Waals surface area contributed by atoms with Gasteiger partial charge in [-0.1, -0.05) is 19.1 Å². The number of amidine groups is 1. The third-order valence-electron chi connectivity index (χ3n) is 2.49. The second-order valence-electron chi connectivity index (χ2n) is 3.65. The smallest absolute Gasteiger partial charge is 0.251 e. The van der Waals surface area contributed by atoms with Crippen molar-refractivity contribution in [3.05, 3.63) is 35.4 Å². The predicted molar refractivity (Wildman–Crippen MR) is 65.0 cm³/mol. The molecule has 6 heteroatoms. The van der Waals surface area contributed by atoms with E-state index in [0.29, 0.717) is 17.9 Å². The average Bonchev–Trinajstić information content (AvgIpc) is 2.89. The standard InChI is InChI=1S/C11H15N5O/c1-2-8-3-5-9(6-4-8)11(17)12-7-10-13-15-16-14-10/h3-6,15-16H,2,7H2,1H3,(H,12,17)(H,13,14). The van der Waals surface area contributed by atoms with E-state index in [0.717, 1.165) is 6.42 Å². The molecule has 1 aromatic rings. The van der Waals surface area contributed by atoms with Crippen LogP contribution in [0, 0.1) is 0 Å². The molecule has 1 aromatic carbocycles. The molecule has 6 nitrogen and oxygen atoms in total. The number of nitrogens with one attached hydrogen (secondary N) is 4. The number of aryl methyl sites for hydroxylation is 1. The van der Waals surface area contributed by atoms with Crippen molar-refractivity contribution in [3.63, 3.8) is 0 Å². The first kappa shape index (κ1) is 11.4. The van der Waals surface area contributed by atoms with E-state index in [9.17, 15) is 4.79 Å². The lowest BCUT2D eigenvalue weighted by atomic mass is 10.1. The monoisotopic (exact) mass is 233 g/mol. The van der Waals surface area contributed by atoms with Crippen LogP contribution < -0.4 is 21.8 Å². The summed E-state index contributed by atoms with van der Waals surface area (Å²) in [5, 5.41) is 6.62. The van der Waals surface area contributed by atoms with Gasteiger partial charge in [-0.05, 0) is 24.1 Å². The fraction of sp³-hybridized carbons (Fsp3) is 0.273. The lowest BCUT2D eigenvalue weighted by molar-refractivity contribution is 0.0959. The van der Waals surface area contributed by atoms with Crippen LogP contribution in [0.5, 0.6) is 0 Å². The summed E-state index contributed by atoms with van der Waals surface area (Å²) >= 11 is 0. The number of hydrogen-bond donors (Lipinski definition) is 4. The van der Waals surface area contributed by atoms with E-state index in [1.54, 1.807) is 0 Å². The van der Waals surface area contributed by atoms with E-state index in [-0.39, 0.29) is 5.91 Å². The van der Waals surface area contributed by atoms with Gasteiger partial charge in [-0.25, -0.2) is 5.53 Å². The fourth-order valence-corrected chi connectivity index (χ4v) is 1.47. The van der Waals surface area contributed by atoms with E-state index in [1.165, 1.54) is 5.56 Å². The molecule has 17 heavy (non-hydrogen) atoms. The van der Waals surface area contributed by atoms with Gasteiger partial charge >= 0.3 is 0 Å². The fourth-order valence-electron chi connectivity index (χ4n) is 1.47. The molecule has 0 bridgehead atoms. The highest BCUT2D eigenvalue weighted by Crippen LogP contribution is 2.04. The number of rotatable bonds is 4. The molecular weight excluding hydrogens is 218 g/mol. The van der Waals surface area contributed by atoms with Gasteiger partial charge in [0.1, 0.15) is 0 Å². The van der Waals surface area contributed by atoms with Gasteiger partial charge in [0, 0.05) is 5.56 Å². The molecule has 2 rings (SSSR count). The molecule has 0 atom stereocenters. The van der Waals surface area contributed by atoms with Crippen molar-refractivity contribution >= 4 is 11.7 Å². The highest BCUT2D eigenvalue weighted by Gasteiger charge is 2.08. The highest BCUT2D eigenvalue weighted by molar-refractivity contribution is 5.97. The average molecular weight is 233 g/mol. The molecule has 1 amide bonds. The lowest BCUT2D eigenvalue weighted by Crippen LogP contribution is -2.40. The molecule has 0 unspecified atom stereocenters. The zero-order valence-corrected chi connectivity index (χ0v) is 9.58. The second-order valence-corrected chi connectivity index (χ2v) is 3.65. The van der Waals surface area contributed by atoms with Crippen LogP contribution >= 0.6 is 0 Å². The van der Waals surface area contributed by atoms with Crippen molar-refractivity contribution in [1.82, 2.24) is 21.8 Å². The van der Waals surface area contributed by atoms with Crippen molar-refractivity contribution in [3.8, 4) is 0 Å². The Morgan fingerprint density at radius 1 is 1.35 bits per heavy atom. The molecule has 0 spiro atoms. The van der Waals surface area contributed by atoms with Crippen LogP contribution in [-0.2, 0) is 6.42 Å². The Kier molecular flexibility index (Phi) is 3.56. The third kappa shape index (κ3) is 2.94. The molecule has 0 saturated carbocycles. The number of nitrogens with zero attached hydrogens (tertiary/aromatic N) is 1. The Hall–Kier alpha value is -2.08. The quantitative estimate of drug-likeness (QED) is 0.586. The molecular formula is C11H15N5O. The van der Waals surface area contributed by atoms with Gasteiger partial charge < -0.3 is 5.32 Å². The molecule has 4 N–H and O–H groups in total. The maximum absolute atomic E-state index is 11.8. The van der Waals surface area contributed by atoms with Gasteiger partial charge in [-0.3, -0.25) is 10.2 Å². The highest BCUT2D eigenvalue weighted by atomic mass is 16.1. The van der Waals surface area contributed by atoms with Crippen LogP contribution in [0.1, 0.15) is 22.8 Å². The Morgan fingerprint density at radius 2 is 2.12 bits per heavy atom. The van der Waals surface area contributed by atoms with Crippen molar-refractivity contribution in [2.24, 2.45) is 5.10 Å². The van der Waals surface area contributed by atoms with E-state index in [1.807, 2.05) is 24.3 Å². The Balaban J connectivity index is 1.90. The van der Waals surface area contributed by atoms with Crippen LogP contribution in [-0.4, -0.2) is 18.3 Å². The van der Waals surface area contributed by atoms with Crippen LogP contribution in [0.2, 0.25) is 0 Å². The molecule has 1 aliphatic heterocycles. The summed E-state index contributed by atoms with van der Waals surface area (Å²) in [7, 11) is 0. The minimum atomic E-state index is -0.107. The zero-order valence-electron chi connectivity index (χ0n) is 9.58. The minimum absolute atomic E-state index is 0.107. The van der Waals surface area contributed by atoms with E-state index >= 15 is 0 Å². The molecule has 90 valence electrons. The molecule has 0 saturated heterocycles. The SMILES string of the molecule is CCc1ccc(C(=O)NCC2=NNNN2)cc1. The molecule has 0 aromatic heterocycles. The van der Waals surface area contributed by atoms with Gasteiger partial charge in [-0.15, -0.1) is 10.6 Å². The molecule has 0 fully saturated rings. The summed E-state index contributed by atoms with van der Waals surface area (Å²) in [6, 6.07) is 7.58. The van der Waals surface area contributed by atoms with Crippen LogP contribution in [0.15, 0.2) is 29.4 Å². The van der Waals surface area contributed by atoms with E-state index in [4.69, 9.17) is 0 Å². The summed E-state index contributed by atoms with van der Waals surface area (Å²) in [4.78, 5) is 11.8. The zero-order chi connectivity index (χ0) is 12.1. The van der Waals surface area contributed by atoms with Gasteiger partial charge in [0.05, 0.1) is 6.54 Å². The third-order valence-corrected chi connectivity index (χ3v) is 2.49. The summed E-state index contributed by atoms with van der Waals surface area (Å²) in [6.07, 6.45) is 0.972. The first-order valence-corrected chi connectivity index (χ1v) is 5.49. The van der Waals surface area contributed by atoms with Crippen molar-refractivity contribution < 1.29 is 4.79 Å². The van der Waals surface area contributed by atoms with E-state index < -0.39 is 0 Å². The topological polar surface area (TPSA) is 77.5 Å². The number of benzene rings is 1. The Morgan fingerprint density at radius 3 is 2.71 bits per heavy atom. The maximum atomic E-state index is 11.8. The maximum Gasteiger partial charge on any atom is 0.251 e. The molecule has 1 heterocycles. The van der Waals surface area contributed by atoms with Gasteiger partial charge in [-0.2, -0.15) is 0 Å². The number of amides is 1. The summed E-state index contributed by atoms with van der Waals surface area (Å²) in [5.74, 6) is 0.535. The van der Waals surface area contributed by atoms with Gasteiger partial charge in [0.2, 0.25) is 0 Å². The van der Waals surface area contributed by atoms with Crippen molar-refractivity contribution in [1.29, 1.82) is 0 Å². The summed E-state index contributed by atoms with van der Waals surface area (Å²) in [6.45, 7) is 2.44. The summed E-state index contributed by atoms with van der Waals surface area (Å²) < 4.78 is 0. The Bertz CT molecular complexity index is 426. The van der Waals surface area contributed by atoms with Crippen LogP contribution in [0.3, 0.4) is 0 Å². The van der Waals surface area contributed by atoms with Crippen molar-refractivity contribution in [2.45, 2.75) is 13.3 Å². The predicted octanol–water partition coefficient (Wildman–Crippen LogP) is -0.0953. The van der Waals surface area contributed by atoms with Gasteiger partial charge in [0.15, 0.2) is 5.84 Å². The number of hydrazone groups is 1. The lowest BCUT2D eigenvalue weighted by Gasteiger charge is -2.05. The number of hydrazine groups is 2. The van der Waals surface area contributed by atoms with E-state index in [2.05, 4.69) is 33.8 Å². The normalized spacial score (nSPS) is 13.6. The first-order valence-electron chi connectivity index (χ1n) is 5.49. The molecule has 1 aliphatic rings. The summed E-state index contributed by atoms with van der Waals surface area (Å²) in [5.41, 5.74) is 9.75. The van der Waals surface area contributed by atoms with Crippen LogP contribution in [0.4, 0.5) is 0 Å². The second kappa shape index (κ2) is 5.31. The first-order chi connectivity index (χ1) is 8.29. The largest absolute Gasteiger partial charge is 0.345 e. The van der Waals surface area contributed by atoms with Gasteiger partial charge in [0.25, 0.3) is 5.91 Å². The number of carbonyl (C=O) groups excluding carboxylic acids is 1. The minimum Gasteiger partial charge on any atom is -0.345 e. The number of carbonyl (C=O) groups is 1.